The number of carbonyl (C=O) groups excluding carboxylic acids is 2. The van der Waals surface area contributed by atoms with Gasteiger partial charge in [-0.1, -0.05) is 12.1 Å². The second-order valence-electron chi connectivity index (χ2n) is 9.16. The van der Waals surface area contributed by atoms with Crippen molar-refractivity contribution in [2.75, 3.05) is 33.2 Å². The minimum atomic E-state index is -4.74. The molecule has 0 aliphatic carbocycles. The predicted octanol–water partition coefficient (Wildman–Crippen LogP) is 2.36. The molecule has 0 aromatic heterocycles. The van der Waals surface area contributed by atoms with Crippen LogP contribution in [0.4, 0.5) is 13.2 Å². The minimum absolute atomic E-state index is 0.00556. The maximum absolute atomic E-state index is 13.0. The number of alkyl halides is 3. The van der Waals surface area contributed by atoms with E-state index in [1.165, 1.54) is 18.2 Å². The van der Waals surface area contributed by atoms with E-state index in [1.54, 1.807) is 6.07 Å². The molecule has 0 saturated carbocycles. The number of carbonyl (C=O) groups is 2. The average Bonchev–Trinajstić information content (AvgIpc) is 3.40. The number of hydrogen-bond acceptors (Lipinski definition) is 5. The number of ether oxygens (including phenoxy) is 1. The normalized spacial score (nSPS) is 26.7. The summed E-state index contributed by atoms with van der Waals surface area (Å²) in [6.07, 6.45) is -0.674. The molecule has 1 N–H and O–H groups in total. The van der Waals surface area contributed by atoms with Gasteiger partial charge in [0, 0.05) is 51.2 Å². The summed E-state index contributed by atoms with van der Waals surface area (Å²) in [7, 11) is 2.00. The first-order valence-electron chi connectivity index (χ1n) is 11.6. The van der Waals surface area contributed by atoms with Gasteiger partial charge in [0.15, 0.2) is 0 Å². The van der Waals surface area contributed by atoms with Crippen LogP contribution in [-0.4, -0.2) is 84.2 Å². The van der Waals surface area contributed by atoms with Crippen LogP contribution in [0.1, 0.15) is 37.7 Å². The van der Waals surface area contributed by atoms with E-state index in [2.05, 4.69) is 15.0 Å². The average molecular weight is 469 g/mol. The molecule has 4 rings (SSSR count). The molecule has 0 spiro atoms. The van der Waals surface area contributed by atoms with Gasteiger partial charge in [0.05, 0.1) is 0 Å². The summed E-state index contributed by atoms with van der Waals surface area (Å²) in [5, 5.41) is 3.03. The summed E-state index contributed by atoms with van der Waals surface area (Å²) in [6.45, 7) is 3.18. The molecule has 3 aliphatic heterocycles. The Labute approximate surface area is 191 Å². The molecule has 10 heteroatoms. The van der Waals surface area contributed by atoms with Gasteiger partial charge in [0.2, 0.25) is 11.8 Å². The monoisotopic (exact) mass is 468 g/mol. The van der Waals surface area contributed by atoms with Crippen LogP contribution in [0.3, 0.4) is 0 Å². The van der Waals surface area contributed by atoms with Crippen molar-refractivity contribution in [3.63, 3.8) is 0 Å². The SMILES string of the molecule is CN1[C@@H](CCC(=O)N2CCCC2)CNC(=O)[C@@H]2[C@@H]1CCN2Cc1cccc(OC(F)(F)F)c1. The van der Waals surface area contributed by atoms with Crippen molar-refractivity contribution in [3.05, 3.63) is 29.8 Å². The van der Waals surface area contributed by atoms with E-state index in [9.17, 15) is 22.8 Å². The van der Waals surface area contributed by atoms with Gasteiger partial charge in [0.1, 0.15) is 11.8 Å². The largest absolute Gasteiger partial charge is 0.573 e. The molecule has 0 unspecified atom stereocenters. The number of amides is 2. The third-order valence-corrected chi connectivity index (χ3v) is 7.02. The van der Waals surface area contributed by atoms with Gasteiger partial charge in [0.25, 0.3) is 0 Å². The molecule has 7 nitrogen and oxygen atoms in total. The van der Waals surface area contributed by atoms with E-state index >= 15 is 0 Å². The summed E-state index contributed by atoms with van der Waals surface area (Å²) in [4.78, 5) is 31.6. The molecular formula is C23H31F3N4O3. The molecule has 33 heavy (non-hydrogen) atoms. The fourth-order valence-electron chi connectivity index (χ4n) is 5.32. The van der Waals surface area contributed by atoms with E-state index in [0.717, 1.165) is 32.4 Å². The molecule has 3 atom stereocenters. The summed E-state index contributed by atoms with van der Waals surface area (Å²) in [5.74, 6) is -0.150. The third-order valence-electron chi connectivity index (χ3n) is 7.02. The van der Waals surface area contributed by atoms with Crippen LogP contribution < -0.4 is 10.1 Å². The van der Waals surface area contributed by atoms with Gasteiger partial charge in [-0.15, -0.1) is 13.2 Å². The van der Waals surface area contributed by atoms with E-state index in [4.69, 9.17) is 0 Å². The van der Waals surface area contributed by atoms with Crippen LogP contribution in [0.15, 0.2) is 24.3 Å². The highest BCUT2D eigenvalue weighted by molar-refractivity contribution is 5.83. The molecule has 0 bridgehead atoms. The van der Waals surface area contributed by atoms with Crippen molar-refractivity contribution < 1.29 is 27.5 Å². The summed E-state index contributed by atoms with van der Waals surface area (Å²) >= 11 is 0. The molecule has 2 amide bonds. The lowest BCUT2D eigenvalue weighted by Gasteiger charge is -2.33. The second-order valence-corrected chi connectivity index (χ2v) is 9.16. The highest BCUT2D eigenvalue weighted by Crippen LogP contribution is 2.30. The molecule has 1 aromatic carbocycles. The highest BCUT2D eigenvalue weighted by Gasteiger charge is 2.45. The van der Waals surface area contributed by atoms with Gasteiger partial charge >= 0.3 is 6.36 Å². The molecule has 0 radical (unpaired) electrons. The van der Waals surface area contributed by atoms with Crippen LogP contribution in [0, 0.1) is 0 Å². The van der Waals surface area contributed by atoms with Gasteiger partial charge in [-0.3, -0.25) is 19.4 Å². The second kappa shape index (κ2) is 9.89. The maximum Gasteiger partial charge on any atom is 0.573 e. The smallest absolute Gasteiger partial charge is 0.406 e. The quantitative estimate of drug-likeness (QED) is 0.695. The number of likely N-dealkylation sites (N-methyl/N-ethyl adjacent to an activating group) is 1. The number of benzene rings is 1. The molecule has 182 valence electrons. The standard InChI is InChI=1S/C23H31F3N4O3/c1-28-17(7-8-20(31)29-10-2-3-11-29)14-27-22(32)21-19(28)9-12-30(21)15-16-5-4-6-18(13-16)33-23(24,25)26/h4-6,13,17,19,21H,2-3,7-12,14-15H2,1H3,(H,27,32)/t17-,19-,21-/m0/s1. The number of halogens is 3. The van der Waals surface area contributed by atoms with Crippen molar-refractivity contribution in [1.82, 2.24) is 20.0 Å². The Bertz CT molecular complexity index is 860. The zero-order valence-corrected chi connectivity index (χ0v) is 18.8. The van der Waals surface area contributed by atoms with Crippen molar-refractivity contribution in [2.24, 2.45) is 0 Å². The van der Waals surface area contributed by atoms with Crippen molar-refractivity contribution in [1.29, 1.82) is 0 Å². The summed E-state index contributed by atoms with van der Waals surface area (Å²) in [5.41, 5.74) is 0.657. The Morgan fingerprint density at radius 3 is 2.70 bits per heavy atom. The number of fused-ring (bicyclic) bond motifs is 1. The van der Waals surface area contributed by atoms with E-state index in [0.29, 0.717) is 38.0 Å². The number of nitrogens with zero attached hydrogens (tertiary/aromatic N) is 3. The molecule has 3 heterocycles. The molecule has 1 aromatic rings. The van der Waals surface area contributed by atoms with E-state index < -0.39 is 6.36 Å². The molecule has 3 saturated heterocycles. The van der Waals surface area contributed by atoms with Gasteiger partial charge < -0.3 is 15.0 Å². The van der Waals surface area contributed by atoms with Crippen LogP contribution in [0.25, 0.3) is 0 Å². The lowest BCUT2D eigenvalue weighted by Crippen LogP contribution is -2.49. The van der Waals surface area contributed by atoms with E-state index in [-0.39, 0.29) is 35.7 Å². The lowest BCUT2D eigenvalue weighted by atomic mass is 10.0. The first-order chi connectivity index (χ1) is 15.7. The zero-order valence-electron chi connectivity index (χ0n) is 18.8. The first kappa shape index (κ1) is 23.8. The number of likely N-dealkylation sites (tertiary alicyclic amines) is 2. The van der Waals surface area contributed by atoms with Gasteiger partial charge in [-0.25, -0.2) is 0 Å². The van der Waals surface area contributed by atoms with Crippen LogP contribution in [-0.2, 0) is 16.1 Å². The fraction of sp³-hybridized carbons (Fsp3) is 0.652. The van der Waals surface area contributed by atoms with Crippen LogP contribution in [0.5, 0.6) is 5.75 Å². The van der Waals surface area contributed by atoms with E-state index in [1.807, 2.05) is 16.8 Å². The van der Waals surface area contributed by atoms with Gasteiger partial charge in [-0.2, -0.15) is 0 Å². The molecule has 3 fully saturated rings. The Kier molecular flexibility index (Phi) is 7.13. The number of rotatable bonds is 6. The molecule has 3 aliphatic rings. The van der Waals surface area contributed by atoms with Crippen LogP contribution >= 0.6 is 0 Å². The summed E-state index contributed by atoms with van der Waals surface area (Å²) < 4.78 is 41.7. The lowest BCUT2D eigenvalue weighted by molar-refractivity contribution is -0.274. The van der Waals surface area contributed by atoms with Crippen LogP contribution in [0.2, 0.25) is 0 Å². The maximum atomic E-state index is 13.0. The minimum Gasteiger partial charge on any atom is -0.406 e. The number of hydrogen-bond donors (Lipinski definition) is 1. The third kappa shape index (κ3) is 5.78. The van der Waals surface area contributed by atoms with Crippen molar-refractivity contribution in [2.45, 2.75) is 63.1 Å². The topological polar surface area (TPSA) is 65.1 Å². The highest BCUT2D eigenvalue weighted by atomic mass is 19.4. The summed E-state index contributed by atoms with van der Waals surface area (Å²) in [6, 6.07) is 5.57. The first-order valence-corrected chi connectivity index (χ1v) is 11.6. The fourth-order valence-corrected chi connectivity index (χ4v) is 5.32. The molecular weight excluding hydrogens is 437 g/mol. The number of nitrogens with one attached hydrogen (secondary N) is 1. The Hall–Kier alpha value is -2.33. The Morgan fingerprint density at radius 1 is 1.21 bits per heavy atom. The Morgan fingerprint density at radius 2 is 1.97 bits per heavy atom. The van der Waals surface area contributed by atoms with Crippen molar-refractivity contribution in [3.8, 4) is 5.75 Å². The Balaban J connectivity index is 1.39. The van der Waals surface area contributed by atoms with Gasteiger partial charge in [-0.05, 0) is 50.4 Å². The zero-order chi connectivity index (χ0) is 23.6. The van der Waals surface area contributed by atoms with Crippen molar-refractivity contribution >= 4 is 11.8 Å². The predicted molar refractivity (Wildman–Crippen MR) is 115 cm³/mol.